The Kier molecular flexibility index (Phi) is 6.28. The van der Waals surface area contributed by atoms with Gasteiger partial charge >= 0.3 is 0 Å². The van der Waals surface area contributed by atoms with Crippen LogP contribution in [0.15, 0.2) is 32.9 Å². The van der Waals surface area contributed by atoms with Gasteiger partial charge in [-0.2, -0.15) is 0 Å². The molecule has 0 bridgehead atoms. The van der Waals surface area contributed by atoms with E-state index in [2.05, 4.69) is 10.2 Å². The molecule has 0 atom stereocenters. The second kappa shape index (κ2) is 8.65. The predicted molar refractivity (Wildman–Crippen MR) is 103 cm³/mol. The van der Waals surface area contributed by atoms with Crippen molar-refractivity contribution < 1.29 is 14.4 Å². The number of primary amides is 1. The second-order valence-corrected chi connectivity index (χ2v) is 8.92. The molecule has 2 heterocycles. The molecule has 7 nitrogen and oxygen atoms in total. The van der Waals surface area contributed by atoms with Crippen molar-refractivity contribution in [1.82, 2.24) is 10.2 Å². The second-order valence-electron chi connectivity index (χ2n) is 5.50. The van der Waals surface area contributed by atoms with Gasteiger partial charge in [0.05, 0.1) is 11.5 Å². The van der Waals surface area contributed by atoms with E-state index in [4.69, 9.17) is 5.73 Å². The average Bonchev–Trinajstić information content (AvgIpc) is 3.26. The van der Waals surface area contributed by atoms with E-state index in [0.29, 0.717) is 27.2 Å². The predicted octanol–water partition coefficient (Wildman–Crippen LogP) is 2.22. The lowest BCUT2D eigenvalue weighted by molar-refractivity contribution is -0.117. The topological polar surface area (TPSA) is 106 Å². The summed E-state index contributed by atoms with van der Waals surface area (Å²) in [6, 6.07) is 7.16. The summed E-state index contributed by atoms with van der Waals surface area (Å²) in [5, 5.41) is 7.96. The molecule has 0 saturated carbocycles. The first-order chi connectivity index (χ1) is 12.5. The summed E-state index contributed by atoms with van der Waals surface area (Å²) in [5.74, 6) is 0.0297. The van der Waals surface area contributed by atoms with Crippen LogP contribution in [0.4, 0.5) is 5.69 Å². The highest BCUT2D eigenvalue weighted by molar-refractivity contribution is 8.03. The molecule has 0 unspecified atom stereocenters. The molecule has 1 aromatic heterocycles. The summed E-state index contributed by atoms with van der Waals surface area (Å²) in [6.45, 7) is 0.696. The third kappa shape index (κ3) is 4.83. The Balaban J connectivity index is 1.58. The molecule has 3 rings (SSSR count). The number of hydrogen-bond acceptors (Lipinski definition) is 8. The van der Waals surface area contributed by atoms with E-state index in [0.717, 1.165) is 12.1 Å². The van der Waals surface area contributed by atoms with E-state index in [-0.39, 0.29) is 23.2 Å². The van der Waals surface area contributed by atoms with Crippen molar-refractivity contribution in [2.75, 3.05) is 23.0 Å². The van der Waals surface area contributed by atoms with Gasteiger partial charge < -0.3 is 10.6 Å². The largest absolute Gasteiger partial charge is 0.369 e. The smallest absolute Gasteiger partial charge is 0.227 e. The zero-order chi connectivity index (χ0) is 18.5. The molecule has 2 N–H and O–H groups in total. The normalized spacial score (nSPS) is 14.0. The minimum absolute atomic E-state index is 0.0370. The zero-order valence-electron chi connectivity index (χ0n) is 13.7. The van der Waals surface area contributed by atoms with Gasteiger partial charge in [0.15, 0.2) is 14.5 Å². The summed E-state index contributed by atoms with van der Waals surface area (Å²) in [4.78, 5) is 36.8. The molecule has 1 saturated heterocycles. The summed E-state index contributed by atoms with van der Waals surface area (Å²) in [7, 11) is 0. The van der Waals surface area contributed by atoms with Gasteiger partial charge in [0.25, 0.3) is 0 Å². The van der Waals surface area contributed by atoms with Gasteiger partial charge in [0.2, 0.25) is 11.8 Å². The lowest BCUT2D eigenvalue weighted by Gasteiger charge is -2.16. The van der Waals surface area contributed by atoms with E-state index >= 15 is 0 Å². The molecule has 2 aromatic rings. The van der Waals surface area contributed by atoms with Crippen LogP contribution in [0.5, 0.6) is 0 Å². The number of carbonyl (C=O) groups excluding carboxylic acids is 3. The molecular weight excluding hydrogens is 392 g/mol. The van der Waals surface area contributed by atoms with Crippen molar-refractivity contribution in [3.05, 3.63) is 29.8 Å². The zero-order valence-corrected chi connectivity index (χ0v) is 16.2. The number of anilines is 1. The van der Waals surface area contributed by atoms with Crippen LogP contribution in [-0.2, 0) is 9.59 Å². The fraction of sp³-hybridized carbons (Fsp3) is 0.312. The molecule has 136 valence electrons. The van der Waals surface area contributed by atoms with Gasteiger partial charge in [0.1, 0.15) is 0 Å². The Hall–Kier alpha value is -1.91. The fourth-order valence-corrected chi connectivity index (χ4v) is 5.08. The molecule has 26 heavy (non-hydrogen) atoms. The van der Waals surface area contributed by atoms with Crippen LogP contribution in [0.2, 0.25) is 0 Å². The number of nitrogens with zero attached hydrogens (tertiary/aromatic N) is 3. The van der Waals surface area contributed by atoms with Gasteiger partial charge in [-0.3, -0.25) is 14.4 Å². The molecule has 1 fully saturated rings. The van der Waals surface area contributed by atoms with Crippen LogP contribution in [0.25, 0.3) is 0 Å². The maximum absolute atomic E-state index is 12.5. The number of aromatic nitrogens is 2. The first-order valence-corrected chi connectivity index (χ1v) is 10.6. The Bertz CT molecular complexity index is 840. The Morgan fingerprint density at radius 2 is 1.92 bits per heavy atom. The number of benzene rings is 1. The molecule has 2 amide bonds. The molecule has 1 aromatic carbocycles. The van der Waals surface area contributed by atoms with Crippen molar-refractivity contribution >= 4 is 58.1 Å². The minimum atomic E-state index is -0.411. The number of rotatable bonds is 8. The van der Waals surface area contributed by atoms with Crippen LogP contribution >= 0.6 is 34.9 Å². The van der Waals surface area contributed by atoms with Crippen LogP contribution in [0, 0.1) is 0 Å². The van der Waals surface area contributed by atoms with Crippen LogP contribution in [0.3, 0.4) is 0 Å². The molecular formula is C16H16N4O3S3. The average molecular weight is 409 g/mol. The van der Waals surface area contributed by atoms with Crippen LogP contribution in [-0.4, -0.2) is 45.8 Å². The Labute approximate surface area is 162 Å². The summed E-state index contributed by atoms with van der Waals surface area (Å²) in [6.07, 6.45) is 1.40. The number of ketones is 1. The van der Waals surface area contributed by atoms with Crippen molar-refractivity contribution in [3.63, 3.8) is 0 Å². The fourth-order valence-electron chi connectivity index (χ4n) is 2.43. The summed E-state index contributed by atoms with van der Waals surface area (Å²) >= 11 is 3.86. The molecule has 10 heteroatoms. The molecule has 1 aliphatic rings. The van der Waals surface area contributed by atoms with Gasteiger partial charge in [-0.25, -0.2) is 0 Å². The number of amides is 2. The Morgan fingerprint density at radius 1 is 1.19 bits per heavy atom. The first-order valence-electron chi connectivity index (χ1n) is 7.84. The van der Waals surface area contributed by atoms with Gasteiger partial charge in [0, 0.05) is 24.2 Å². The van der Waals surface area contributed by atoms with Gasteiger partial charge in [-0.05, 0) is 18.6 Å². The van der Waals surface area contributed by atoms with Crippen molar-refractivity contribution in [2.24, 2.45) is 5.73 Å². The first kappa shape index (κ1) is 18.9. The number of Topliss-reactive ketones (excluding diaryl/α,β-unsaturated/α-hetero) is 1. The van der Waals surface area contributed by atoms with Crippen LogP contribution < -0.4 is 10.6 Å². The highest BCUT2D eigenvalue weighted by atomic mass is 32.2. The van der Waals surface area contributed by atoms with E-state index in [1.165, 1.54) is 34.9 Å². The quantitative estimate of drug-likeness (QED) is 0.527. The highest BCUT2D eigenvalue weighted by Gasteiger charge is 2.22. The SMILES string of the molecule is NC(=O)CSc1nnc(SCC(=O)c2cccc(N3CCCC3=O)c2)s1. The monoisotopic (exact) mass is 408 g/mol. The van der Waals surface area contributed by atoms with Crippen molar-refractivity contribution in [1.29, 1.82) is 0 Å². The molecule has 0 radical (unpaired) electrons. The Morgan fingerprint density at radius 3 is 2.58 bits per heavy atom. The maximum atomic E-state index is 12.5. The highest BCUT2D eigenvalue weighted by Crippen LogP contribution is 2.29. The molecule has 1 aliphatic heterocycles. The summed E-state index contributed by atoms with van der Waals surface area (Å²) in [5.41, 5.74) is 6.44. The van der Waals surface area contributed by atoms with Gasteiger partial charge in [-0.1, -0.05) is 47.0 Å². The number of carbonyl (C=O) groups is 3. The number of hydrogen-bond donors (Lipinski definition) is 1. The van der Waals surface area contributed by atoms with Crippen LogP contribution in [0.1, 0.15) is 23.2 Å². The number of thioether (sulfide) groups is 2. The van der Waals surface area contributed by atoms with E-state index in [1.54, 1.807) is 23.1 Å². The van der Waals surface area contributed by atoms with E-state index in [9.17, 15) is 14.4 Å². The minimum Gasteiger partial charge on any atom is -0.369 e. The van der Waals surface area contributed by atoms with Crippen molar-refractivity contribution in [3.8, 4) is 0 Å². The molecule has 0 spiro atoms. The molecule has 0 aliphatic carbocycles. The van der Waals surface area contributed by atoms with Crippen molar-refractivity contribution in [2.45, 2.75) is 21.5 Å². The number of nitrogens with two attached hydrogens (primary N) is 1. The van der Waals surface area contributed by atoms with E-state index < -0.39 is 5.91 Å². The third-order valence-corrected chi connectivity index (χ3v) is 6.82. The standard InChI is InChI=1S/C16H16N4O3S3/c17-13(22)9-25-16-19-18-15(26-16)24-8-12(21)10-3-1-4-11(7-10)20-6-2-5-14(20)23/h1,3-4,7H,2,5-6,8-9H2,(H2,17,22). The van der Waals surface area contributed by atoms with Gasteiger partial charge in [-0.15, -0.1) is 10.2 Å². The lowest BCUT2D eigenvalue weighted by Crippen LogP contribution is -2.23. The third-order valence-electron chi connectivity index (χ3n) is 3.61. The lowest BCUT2D eigenvalue weighted by atomic mass is 10.1. The summed E-state index contributed by atoms with van der Waals surface area (Å²) < 4.78 is 1.31. The maximum Gasteiger partial charge on any atom is 0.227 e. The van der Waals surface area contributed by atoms with E-state index in [1.807, 2.05) is 6.07 Å².